The number of hydrogen-bond donors (Lipinski definition) is 0. The van der Waals surface area contributed by atoms with Crippen LogP contribution in [-0.4, -0.2) is 10.9 Å². The Bertz CT molecular complexity index is 325. The van der Waals surface area contributed by atoms with Crippen molar-refractivity contribution in [2.75, 3.05) is 0 Å². The van der Waals surface area contributed by atoms with Crippen LogP contribution in [-0.2, 0) is 0 Å². The molecule has 2 aliphatic heterocycles. The molecule has 1 aromatic rings. The molecule has 0 radical (unpaired) electrons. The summed E-state index contributed by atoms with van der Waals surface area (Å²) in [4.78, 5) is 2.69. The average Bonchev–Trinajstić information content (AvgIpc) is 2.73. The third kappa shape index (κ3) is 0.936. The van der Waals surface area contributed by atoms with Crippen LogP contribution in [0.15, 0.2) is 24.3 Å². The van der Waals surface area contributed by atoms with Crippen LogP contribution in [0, 0.1) is 0 Å². The van der Waals surface area contributed by atoms with Crippen molar-refractivity contribution < 1.29 is 0 Å². The Morgan fingerprint density at radius 2 is 1.57 bits per heavy atom. The van der Waals surface area contributed by atoms with Crippen LogP contribution in [0.5, 0.6) is 0 Å². The van der Waals surface area contributed by atoms with E-state index in [9.17, 15) is 0 Å². The first-order valence-electron chi connectivity index (χ1n) is 5.65. The fourth-order valence-corrected chi connectivity index (χ4v) is 3.30. The molecule has 1 fully saturated rings. The molecular formula is C13H17N. The molecule has 2 heterocycles. The van der Waals surface area contributed by atoms with Crippen molar-refractivity contribution >= 4 is 0 Å². The first kappa shape index (κ1) is 8.49. The second-order valence-corrected chi connectivity index (χ2v) is 4.78. The second kappa shape index (κ2) is 2.83. The zero-order valence-corrected chi connectivity index (χ0v) is 8.90. The van der Waals surface area contributed by atoms with Gasteiger partial charge >= 0.3 is 0 Å². The van der Waals surface area contributed by atoms with Crippen molar-refractivity contribution in [2.24, 2.45) is 0 Å². The Labute approximate surface area is 85.7 Å². The Balaban J connectivity index is 2.09. The molecule has 0 saturated carbocycles. The highest BCUT2D eigenvalue weighted by molar-refractivity contribution is 5.40. The van der Waals surface area contributed by atoms with Crippen LogP contribution in [0.1, 0.15) is 49.9 Å². The summed E-state index contributed by atoms with van der Waals surface area (Å²) in [5, 5.41) is 0. The van der Waals surface area contributed by atoms with E-state index in [2.05, 4.69) is 43.0 Å². The maximum Gasteiger partial charge on any atom is 0.0361 e. The van der Waals surface area contributed by atoms with Gasteiger partial charge in [0.15, 0.2) is 0 Å². The van der Waals surface area contributed by atoms with Gasteiger partial charge in [0, 0.05) is 18.1 Å². The molecule has 74 valence electrons. The first-order valence-corrected chi connectivity index (χ1v) is 5.65. The first-order chi connectivity index (χ1) is 6.79. The van der Waals surface area contributed by atoms with Crippen LogP contribution in [0.4, 0.5) is 0 Å². The smallest absolute Gasteiger partial charge is 0.0361 e. The standard InChI is InChI=1S/C13H17N/c1-9(2)14-12-7-8-13(14)11-6-4-3-5-10(11)12/h3-6,9,12-13H,7-8H2,1-2H3/t12-,13+. The Kier molecular flexibility index (Phi) is 1.72. The van der Waals surface area contributed by atoms with Crippen LogP contribution < -0.4 is 0 Å². The third-order valence-electron chi connectivity index (χ3n) is 3.74. The van der Waals surface area contributed by atoms with Gasteiger partial charge in [-0.15, -0.1) is 0 Å². The molecule has 0 unspecified atom stereocenters. The van der Waals surface area contributed by atoms with Gasteiger partial charge < -0.3 is 0 Å². The van der Waals surface area contributed by atoms with Crippen molar-refractivity contribution in [1.29, 1.82) is 0 Å². The topological polar surface area (TPSA) is 3.24 Å². The quantitative estimate of drug-likeness (QED) is 0.652. The van der Waals surface area contributed by atoms with Crippen LogP contribution in [0.25, 0.3) is 0 Å². The molecule has 0 spiro atoms. The fraction of sp³-hybridized carbons (Fsp3) is 0.538. The van der Waals surface area contributed by atoms with Crippen molar-refractivity contribution in [2.45, 2.75) is 44.8 Å². The second-order valence-electron chi connectivity index (χ2n) is 4.78. The summed E-state index contributed by atoms with van der Waals surface area (Å²) in [5.41, 5.74) is 3.19. The minimum absolute atomic E-state index is 0.680. The van der Waals surface area contributed by atoms with Crippen molar-refractivity contribution in [3.63, 3.8) is 0 Å². The minimum Gasteiger partial charge on any atom is -0.287 e. The number of rotatable bonds is 1. The van der Waals surface area contributed by atoms with Gasteiger partial charge in [-0.05, 0) is 37.8 Å². The lowest BCUT2D eigenvalue weighted by atomic mass is 9.92. The predicted molar refractivity (Wildman–Crippen MR) is 58.1 cm³/mol. The van der Waals surface area contributed by atoms with E-state index in [0.29, 0.717) is 6.04 Å². The zero-order chi connectivity index (χ0) is 9.71. The molecule has 1 nitrogen and oxygen atoms in total. The lowest BCUT2D eigenvalue weighted by Gasteiger charge is -2.26. The van der Waals surface area contributed by atoms with Gasteiger partial charge in [0.25, 0.3) is 0 Å². The molecule has 1 aromatic carbocycles. The highest BCUT2D eigenvalue weighted by Gasteiger charge is 2.44. The van der Waals surface area contributed by atoms with Gasteiger partial charge in [0.05, 0.1) is 0 Å². The van der Waals surface area contributed by atoms with Gasteiger partial charge in [-0.3, -0.25) is 4.90 Å². The summed E-state index contributed by atoms with van der Waals surface area (Å²) in [5.74, 6) is 0. The highest BCUT2D eigenvalue weighted by Crippen LogP contribution is 2.53. The van der Waals surface area contributed by atoms with Gasteiger partial charge in [-0.25, -0.2) is 0 Å². The van der Waals surface area contributed by atoms with Crippen LogP contribution >= 0.6 is 0 Å². The lowest BCUT2D eigenvalue weighted by Crippen LogP contribution is -2.27. The Morgan fingerprint density at radius 1 is 1.07 bits per heavy atom. The molecule has 0 amide bonds. The molecule has 2 aliphatic rings. The third-order valence-corrected chi connectivity index (χ3v) is 3.74. The Morgan fingerprint density at radius 3 is 2.00 bits per heavy atom. The largest absolute Gasteiger partial charge is 0.287 e. The summed E-state index contributed by atoms with van der Waals surface area (Å²) in [6, 6.07) is 11.1. The number of hydrogen-bond acceptors (Lipinski definition) is 1. The molecule has 0 aromatic heterocycles. The van der Waals surface area contributed by atoms with E-state index < -0.39 is 0 Å². The molecule has 3 rings (SSSR count). The van der Waals surface area contributed by atoms with Crippen LogP contribution in [0.3, 0.4) is 0 Å². The molecule has 0 aliphatic carbocycles. The summed E-state index contributed by atoms with van der Waals surface area (Å²) >= 11 is 0. The number of fused-ring (bicyclic) bond motifs is 5. The van der Waals surface area contributed by atoms with Crippen LogP contribution in [0.2, 0.25) is 0 Å². The summed E-state index contributed by atoms with van der Waals surface area (Å²) in [6.45, 7) is 4.63. The van der Waals surface area contributed by atoms with E-state index in [1.165, 1.54) is 12.8 Å². The zero-order valence-electron chi connectivity index (χ0n) is 8.90. The normalized spacial score (nSPS) is 29.9. The molecule has 2 atom stereocenters. The molecule has 1 saturated heterocycles. The maximum atomic E-state index is 2.69. The van der Waals surface area contributed by atoms with E-state index in [-0.39, 0.29) is 0 Å². The highest BCUT2D eigenvalue weighted by atomic mass is 15.3. The van der Waals surface area contributed by atoms with E-state index in [0.717, 1.165) is 12.1 Å². The maximum absolute atomic E-state index is 2.69. The minimum atomic E-state index is 0.680. The number of benzene rings is 1. The van der Waals surface area contributed by atoms with Gasteiger partial charge in [0.1, 0.15) is 0 Å². The molecule has 1 heteroatoms. The van der Waals surface area contributed by atoms with Gasteiger partial charge in [-0.1, -0.05) is 24.3 Å². The summed E-state index contributed by atoms with van der Waals surface area (Å²) in [7, 11) is 0. The monoisotopic (exact) mass is 187 g/mol. The summed E-state index contributed by atoms with van der Waals surface area (Å²) in [6.07, 6.45) is 2.72. The number of nitrogens with zero attached hydrogens (tertiary/aromatic N) is 1. The van der Waals surface area contributed by atoms with E-state index in [4.69, 9.17) is 0 Å². The predicted octanol–water partition coefficient (Wildman–Crippen LogP) is 3.29. The average molecular weight is 187 g/mol. The SMILES string of the molecule is CC(C)N1[C@@H]2CC[C@H]1c1ccccc12. The van der Waals surface area contributed by atoms with Gasteiger partial charge in [0.2, 0.25) is 0 Å². The Hall–Kier alpha value is -0.820. The van der Waals surface area contributed by atoms with Gasteiger partial charge in [-0.2, -0.15) is 0 Å². The van der Waals surface area contributed by atoms with Crippen molar-refractivity contribution in [1.82, 2.24) is 4.90 Å². The van der Waals surface area contributed by atoms with E-state index in [1.807, 2.05) is 0 Å². The van der Waals surface area contributed by atoms with E-state index in [1.54, 1.807) is 11.1 Å². The molecule has 2 bridgehead atoms. The van der Waals surface area contributed by atoms with Crippen molar-refractivity contribution in [3.8, 4) is 0 Å². The van der Waals surface area contributed by atoms with E-state index >= 15 is 0 Å². The lowest BCUT2D eigenvalue weighted by molar-refractivity contribution is 0.174. The molecular weight excluding hydrogens is 170 g/mol. The fourth-order valence-electron chi connectivity index (χ4n) is 3.30. The summed E-state index contributed by atoms with van der Waals surface area (Å²) < 4.78 is 0. The molecule has 0 N–H and O–H groups in total. The van der Waals surface area contributed by atoms with Crippen molar-refractivity contribution in [3.05, 3.63) is 35.4 Å². The molecule has 14 heavy (non-hydrogen) atoms.